The standard InChI is InChI=1S/C19H26N2O/c22-18(16-13-19(16)9-11-20-12-10-19)21-17(15-7-4-8-15)14-5-2-1-3-6-14/h1-3,5-6,15-17,20H,4,7-13H2,(H,21,22). The molecule has 0 aromatic heterocycles. The van der Waals surface area contributed by atoms with Crippen molar-refractivity contribution in [3.05, 3.63) is 35.9 Å². The normalized spacial score (nSPS) is 27.9. The second-order valence-corrected chi connectivity index (χ2v) is 7.46. The summed E-state index contributed by atoms with van der Waals surface area (Å²) in [7, 11) is 0. The summed E-state index contributed by atoms with van der Waals surface area (Å²) in [5, 5.41) is 6.82. The fourth-order valence-electron chi connectivity index (χ4n) is 4.36. The monoisotopic (exact) mass is 298 g/mol. The Bertz CT molecular complexity index is 532. The number of amides is 1. The van der Waals surface area contributed by atoms with Crippen LogP contribution in [0.2, 0.25) is 0 Å². The Hall–Kier alpha value is -1.35. The molecule has 0 bridgehead atoms. The minimum Gasteiger partial charge on any atom is -0.349 e. The van der Waals surface area contributed by atoms with Crippen LogP contribution in [0.3, 0.4) is 0 Å². The SMILES string of the molecule is O=C(NC(c1ccccc1)C1CCC1)C1CC12CCNCC2. The molecule has 3 fully saturated rings. The van der Waals surface area contributed by atoms with Crippen molar-refractivity contribution in [2.24, 2.45) is 17.3 Å². The van der Waals surface area contributed by atoms with E-state index in [0.717, 1.165) is 19.5 Å². The van der Waals surface area contributed by atoms with E-state index in [1.807, 2.05) is 6.07 Å². The number of hydrogen-bond acceptors (Lipinski definition) is 2. The fraction of sp³-hybridized carbons (Fsp3) is 0.632. The van der Waals surface area contributed by atoms with E-state index in [-0.39, 0.29) is 12.0 Å². The number of carbonyl (C=O) groups excluding carboxylic acids is 1. The Morgan fingerprint density at radius 1 is 1.18 bits per heavy atom. The van der Waals surface area contributed by atoms with Crippen molar-refractivity contribution in [2.75, 3.05) is 13.1 Å². The van der Waals surface area contributed by atoms with Crippen LogP contribution in [0.1, 0.15) is 50.1 Å². The van der Waals surface area contributed by atoms with Gasteiger partial charge in [-0.25, -0.2) is 0 Å². The van der Waals surface area contributed by atoms with Crippen LogP contribution in [0.5, 0.6) is 0 Å². The molecule has 3 heteroatoms. The van der Waals surface area contributed by atoms with E-state index in [1.54, 1.807) is 0 Å². The quantitative estimate of drug-likeness (QED) is 0.897. The molecule has 2 saturated carbocycles. The van der Waals surface area contributed by atoms with Crippen molar-refractivity contribution in [2.45, 2.75) is 44.6 Å². The Morgan fingerprint density at radius 2 is 1.91 bits per heavy atom. The van der Waals surface area contributed by atoms with E-state index in [4.69, 9.17) is 0 Å². The molecule has 3 nitrogen and oxygen atoms in total. The van der Waals surface area contributed by atoms with Crippen LogP contribution >= 0.6 is 0 Å². The van der Waals surface area contributed by atoms with Crippen LogP contribution in [0.4, 0.5) is 0 Å². The lowest BCUT2D eigenvalue weighted by molar-refractivity contribution is -0.124. The number of benzene rings is 1. The number of piperidine rings is 1. The van der Waals surface area contributed by atoms with Crippen molar-refractivity contribution >= 4 is 5.91 Å². The third-order valence-corrected chi connectivity index (χ3v) is 6.18. The van der Waals surface area contributed by atoms with Gasteiger partial charge >= 0.3 is 0 Å². The molecule has 22 heavy (non-hydrogen) atoms. The molecule has 1 spiro atoms. The minimum atomic E-state index is 0.224. The highest BCUT2D eigenvalue weighted by Gasteiger charge is 2.57. The topological polar surface area (TPSA) is 41.1 Å². The smallest absolute Gasteiger partial charge is 0.224 e. The average molecular weight is 298 g/mol. The fourth-order valence-corrected chi connectivity index (χ4v) is 4.36. The molecule has 1 aromatic carbocycles. The molecule has 1 heterocycles. The summed E-state index contributed by atoms with van der Waals surface area (Å²) in [6.07, 6.45) is 7.25. The van der Waals surface area contributed by atoms with Gasteiger partial charge < -0.3 is 10.6 Å². The summed E-state index contributed by atoms with van der Waals surface area (Å²) in [4.78, 5) is 12.8. The van der Waals surface area contributed by atoms with Gasteiger partial charge in [0.1, 0.15) is 0 Å². The molecule has 1 saturated heterocycles. The first-order valence-electron chi connectivity index (χ1n) is 8.85. The molecule has 1 aromatic rings. The molecule has 118 valence electrons. The Kier molecular flexibility index (Phi) is 3.69. The predicted octanol–water partition coefficient (Wildman–Crippen LogP) is 3.03. The van der Waals surface area contributed by atoms with E-state index in [1.165, 1.54) is 37.7 Å². The summed E-state index contributed by atoms with van der Waals surface area (Å²) in [6, 6.07) is 10.8. The maximum absolute atomic E-state index is 12.8. The molecule has 0 radical (unpaired) electrons. The van der Waals surface area contributed by atoms with Gasteiger partial charge in [-0.05, 0) is 62.1 Å². The number of nitrogens with one attached hydrogen (secondary N) is 2. The summed E-state index contributed by atoms with van der Waals surface area (Å²) in [5.74, 6) is 1.21. The van der Waals surface area contributed by atoms with Crippen molar-refractivity contribution in [3.8, 4) is 0 Å². The Labute approximate surface area is 132 Å². The number of hydrogen-bond donors (Lipinski definition) is 2. The predicted molar refractivity (Wildman–Crippen MR) is 87.3 cm³/mol. The maximum atomic E-state index is 12.8. The van der Waals surface area contributed by atoms with Crippen LogP contribution in [0.15, 0.2) is 30.3 Å². The van der Waals surface area contributed by atoms with E-state index in [0.29, 0.717) is 17.2 Å². The third-order valence-electron chi connectivity index (χ3n) is 6.18. The van der Waals surface area contributed by atoms with Gasteiger partial charge in [0.2, 0.25) is 5.91 Å². The zero-order chi connectivity index (χ0) is 15.0. The van der Waals surface area contributed by atoms with E-state index in [2.05, 4.69) is 34.9 Å². The van der Waals surface area contributed by atoms with Crippen molar-refractivity contribution in [3.63, 3.8) is 0 Å². The van der Waals surface area contributed by atoms with Gasteiger partial charge in [-0.2, -0.15) is 0 Å². The second-order valence-electron chi connectivity index (χ2n) is 7.46. The minimum absolute atomic E-state index is 0.224. The second kappa shape index (κ2) is 5.69. The number of carbonyl (C=O) groups is 1. The molecular formula is C19H26N2O. The van der Waals surface area contributed by atoms with E-state index < -0.39 is 0 Å². The summed E-state index contributed by atoms with van der Waals surface area (Å²) < 4.78 is 0. The summed E-state index contributed by atoms with van der Waals surface area (Å²) in [5.41, 5.74) is 1.61. The van der Waals surface area contributed by atoms with Crippen LogP contribution in [0.25, 0.3) is 0 Å². The highest BCUT2D eigenvalue weighted by molar-refractivity contribution is 5.83. The molecule has 2 unspecified atom stereocenters. The highest BCUT2D eigenvalue weighted by Crippen LogP contribution is 2.58. The molecule has 4 rings (SSSR count). The molecule has 2 N–H and O–H groups in total. The first-order chi connectivity index (χ1) is 10.8. The van der Waals surface area contributed by atoms with Gasteiger partial charge in [0.25, 0.3) is 0 Å². The van der Waals surface area contributed by atoms with Gasteiger partial charge in [-0.15, -0.1) is 0 Å². The van der Waals surface area contributed by atoms with Crippen LogP contribution in [0, 0.1) is 17.3 Å². The lowest BCUT2D eigenvalue weighted by Gasteiger charge is -2.35. The van der Waals surface area contributed by atoms with Gasteiger partial charge in [-0.1, -0.05) is 36.8 Å². The molecule has 2 atom stereocenters. The molecule has 2 aliphatic carbocycles. The Balaban J connectivity index is 1.44. The largest absolute Gasteiger partial charge is 0.349 e. The summed E-state index contributed by atoms with van der Waals surface area (Å²) in [6.45, 7) is 2.16. The lowest BCUT2D eigenvalue weighted by Crippen LogP contribution is -2.39. The van der Waals surface area contributed by atoms with Gasteiger partial charge in [0.05, 0.1) is 6.04 Å². The molecular weight excluding hydrogens is 272 g/mol. The lowest BCUT2D eigenvalue weighted by atomic mass is 9.77. The van der Waals surface area contributed by atoms with Crippen molar-refractivity contribution in [1.82, 2.24) is 10.6 Å². The average Bonchev–Trinajstić information content (AvgIpc) is 3.20. The zero-order valence-corrected chi connectivity index (χ0v) is 13.2. The van der Waals surface area contributed by atoms with Crippen molar-refractivity contribution < 1.29 is 4.79 Å². The number of rotatable bonds is 4. The maximum Gasteiger partial charge on any atom is 0.224 e. The van der Waals surface area contributed by atoms with Crippen LogP contribution in [-0.4, -0.2) is 19.0 Å². The molecule has 1 amide bonds. The van der Waals surface area contributed by atoms with Crippen LogP contribution < -0.4 is 10.6 Å². The third kappa shape index (κ3) is 2.56. The first kappa shape index (κ1) is 14.3. The summed E-state index contributed by atoms with van der Waals surface area (Å²) >= 11 is 0. The molecule has 3 aliphatic rings. The van der Waals surface area contributed by atoms with Crippen molar-refractivity contribution in [1.29, 1.82) is 0 Å². The van der Waals surface area contributed by atoms with Gasteiger partial charge in [0, 0.05) is 5.92 Å². The zero-order valence-electron chi connectivity index (χ0n) is 13.2. The van der Waals surface area contributed by atoms with Gasteiger partial charge in [0.15, 0.2) is 0 Å². The molecule has 1 aliphatic heterocycles. The van der Waals surface area contributed by atoms with Crippen LogP contribution in [-0.2, 0) is 4.79 Å². The van der Waals surface area contributed by atoms with E-state index in [9.17, 15) is 4.79 Å². The first-order valence-corrected chi connectivity index (χ1v) is 8.85. The van der Waals surface area contributed by atoms with Gasteiger partial charge in [-0.3, -0.25) is 4.79 Å². The Morgan fingerprint density at radius 3 is 2.55 bits per heavy atom. The van der Waals surface area contributed by atoms with E-state index >= 15 is 0 Å². The highest BCUT2D eigenvalue weighted by atomic mass is 16.2.